The molecule has 0 bridgehead atoms. The lowest BCUT2D eigenvalue weighted by molar-refractivity contribution is -0.141. The third-order valence-electron chi connectivity index (χ3n) is 5.79. The number of imide groups is 1. The molecule has 4 rings (SSSR count). The van der Waals surface area contributed by atoms with Crippen LogP contribution in [0.5, 0.6) is 0 Å². The highest BCUT2D eigenvalue weighted by atomic mass is 19.1. The number of hydrogen-bond acceptors (Lipinski definition) is 4. The molecule has 35 heavy (non-hydrogen) atoms. The maximum Gasteiger partial charge on any atom is 0.269 e. The van der Waals surface area contributed by atoms with E-state index in [1.54, 1.807) is 24.3 Å². The van der Waals surface area contributed by atoms with Gasteiger partial charge < -0.3 is 0 Å². The van der Waals surface area contributed by atoms with Crippen molar-refractivity contribution in [3.8, 4) is 0 Å². The van der Waals surface area contributed by atoms with Crippen LogP contribution in [0.15, 0.2) is 78.9 Å². The molecule has 7 nitrogen and oxygen atoms in total. The highest BCUT2D eigenvalue weighted by Gasteiger charge is 2.45. The van der Waals surface area contributed by atoms with Crippen molar-refractivity contribution in [2.75, 3.05) is 4.90 Å². The van der Waals surface area contributed by atoms with Crippen molar-refractivity contribution >= 4 is 29.3 Å². The number of halogens is 1. The molecule has 0 aliphatic carbocycles. The SMILES string of the molecule is Cc1ccc(C(=O)NN(C(=O)CCc2ccccc2)C2CC(=O)N(c3ccc(F)cc3)C2=O)cc1. The number of hydrogen-bond donors (Lipinski definition) is 1. The number of carbonyl (C=O) groups is 4. The molecule has 1 saturated heterocycles. The normalized spacial score (nSPS) is 15.3. The van der Waals surface area contributed by atoms with Crippen LogP contribution in [0.25, 0.3) is 0 Å². The minimum atomic E-state index is -1.22. The topological polar surface area (TPSA) is 86.8 Å². The van der Waals surface area contributed by atoms with E-state index in [0.717, 1.165) is 33.2 Å². The van der Waals surface area contributed by atoms with Crippen LogP contribution in [0.3, 0.4) is 0 Å². The first-order valence-electron chi connectivity index (χ1n) is 11.2. The van der Waals surface area contributed by atoms with Gasteiger partial charge in [-0.1, -0.05) is 48.0 Å². The van der Waals surface area contributed by atoms with Crippen LogP contribution in [-0.4, -0.2) is 34.7 Å². The molecule has 1 atom stereocenters. The van der Waals surface area contributed by atoms with E-state index in [1.165, 1.54) is 12.1 Å². The molecule has 8 heteroatoms. The zero-order valence-electron chi connectivity index (χ0n) is 19.1. The van der Waals surface area contributed by atoms with Gasteiger partial charge in [0, 0.05) is 12.0 Å². The summed E-state index contributed by atoms with van der Waals surface area (Å²) >= 11 is 0. The monoisotopic (exact) mass is 473 g/mol. The van der Waals surface area contributed by atoms with E-state index in [4.69, 9.17) is 0 Å². The highest BCUT2D eigenvalue weighted by Crippen LogP contribution is 2.26. The van der Waals surface area contributed by atoms with E-state index >= 15 is 0 Å². The highest BCUT2D eigenvalue weighted by molar-refractivity contribution is 6.23. The number of anilines is 1. The number of benzene rings is 3. The number of rotatable bonds is 6. The summed E-state index contributed by atoms with van der Waals surface area (Å²) in [6, 6.07) is 19.8. The molecule has 3 aromatic rings. The Bertz CT molecular complexity index is 1240. The van der Waals surface area contributed by atoms with Crippen molar-refractivity contribution in [1.29, 1.82) is 0 Å². The summed E-state index contributed by atoms with van der Waals surface area (Å²) in [5, 5.41) is 0.967. The Balaban J connectivity index is 1.58. The van der Waals surface area contributed by atoms with E-state index in [1.807, 2.05) is 37.3 Å². The Labute approximate surface area is 202 Å². The molecule has 0 radical (unpaired) electrons. The number of carbonyl (C=O) groups excluding carboxylic acids is 4. The number of aryl methyl sites for hydroxylation is 2. The molecule has 178 valence electrons. The van der Waals surface area contributed by atoms with Crippen LogP contribution in [0.2, 0.25) is 0 Å². The summed E-state index contributed by atoms with van der Waals surface area (Å²) in [5.74, 6) is -2.79. The van der Waals surface area contributed by atoms with Crippen molar-refractivity contribution in [1.82, 2.24) is 10.4 Å². The molecule has 0 saturated carbocycles. The fourth-order valence-electron chi connectivity index (χ4n) is 3.89. The van der Waals surface area contributed by atoms with Crippen LogP contribution in [-0.2, 0) is 20.8 Å². The van der Waals surface area contributed by atoms with Crippen LogP contribution >= 0.6 is 0 Å². The first-order chi connectivity index (χ1) is 16.8. The minimum absolute atomic E-state index is 0.0205. The van der Waals surface area contributed by atoms with Gasteiger partial charge in [0.2, 0.25) is 11.8 Å². The molecule has 0 aromatic heterocycles. The predicted octanol–water partition coefficient (Wildman–Crippen LogP) is 3.57. The molecule has 3 aromatic carbocycles. The van der Waals surface area contributed by atoms with Crippen LogP contribution in [0, 0.1) is 12.7 Å². The predicted molar refractivity (Wildman–Crippen MR) is 128 cm³/mol. The van der Waals surface area contributed by atoms with Crippen molar-refractivity contribution in [3.63, 3.8) is 0 Å². The van der Waals surface area contributed by atoms with Crippen LogP contribution in [0.1, 0.15) is 34.3 Å². The standard InChI is InChI=1S/C27H24FN3O4/c1-18-7-10-20(11-8-18)26(34)29-31(24(32)16-9-19-5-3-2-4-6-19)23-17-25(33)30(27(23)35)22-14-12-21(28)13-15-22/h2-8,10-15,23H,9,16-17H2,1H3,(H,29,34). The lowest BCUT2D eigenvalue weighted by atomic mass is 10.1. The fourth-order valence-corrected chi connectivity index (χ4v) is 3.89. The van der Waals surface area contributed by atoms with Gasteiger partial charge in [-0.05, 0) is 55.3 Å². The second kappa shape index (κ2) is 10.3. The maximum atomic E-state index is 13.3. The zero-order chi connectivity index (χ0) is 24.9. The lowest BCUT2D eigenvalue weighted by Crippen LogP contribution is -2.54. The second-order valence-electron chi connectivity index (χ2n) is 8.32. The number of nitrogens with one attached hydrogen (secondary N) is 1. The van der Waals surface area contributed by atoms with E-state index in [0.29, 0.717) is 12.0 Å². The first-order valence-corrected chi connectivity index (χ1v) is 11.2. The lowest BCUT2D eigenvalue weighted by Gasteiger charge is -2.28. The van der Waals surface area contributed by atoms with Gasteiger partial charge >= 0.3 is 0 Å². The van der Waals surface area contributed by atoms with Gasteiger partial charge in [-0.25, -0.2) is 14.3 Å². The van der Waals surface area contributed by atoms with Crippen LogP contribution in [0.4, 0.5) is 10.1 Å². The van der Waals surface area contributed by atoms with Crippen molar-refractivity contribution in [2.24, 2.45) is 0 Å². The van der Waals surface area contributed by atoms with Crippen molar-refractivity contribution < 1.29 is 23.6 Å². The quantitative estimate of drug-likeness (QED) is 0.438. The second-order valence-corrected chi connectivity index (χ2v) is 8.32. The van der Waals surface area contributed by atoms with Gasteiger partial charge in [0.15, 0.2) is 0 Å². The summed E-state index contributed by atoms with van der Waals surface area (Å²) in [6.07, 6.45) is 0.112. The third kappa shape index (κ3) is 5.43. The van der Waals surface area contributed by atoms with E-state index in [-0.39, 0.29) is 18.5 Å². The van der Waals surface area contributed by atoms with E-state index in [9.17, 15) is 23.6 Å². The largest absolute Gasteiger partial charge is 0.274 e. The summed E-state index contributed by atoms with van der Waals surface area (Å²) in [4.78, 5) is 53.1. The molecule has 1 N–H and O–H groups in total. The molecular formula is C27H24FN3O4. The van der Waals surface area contributed by atoms with Crippen molar-refractivity contribution in [2.45, 2.75) is 32.2 Å². The van der Waals surface area contributed by atoms with Gasteiger partial charge in [-0.3, -0.25) is 24.6 Å². The molecule has 4 amide bonds. The zero-order valence-corrected chi connectivity index (χ0v) is 19.1. The fraction of sp³-hybridized carbons (Fsp3) is 0.185. The molecule has 1 aliphatic heterocycles. The Kier molecular flexibility index (Phi) is 7.01. The number of nitrogens with zero attached hydrogens (tertiary/aromatic N) is 2. The Morgan fingerprint density at radius 1 is 0.971 bits per heavy atom. The Hall–Kier alpha value is -4.33. The number of amides is 4. The minimum Gasteiger partial charge on any atom is -0.274 e. The number of hydrazine groups is 1. The van der Waals surface area contributed by atoms with Crippen molar-refractivity contribution in [3.05, 3.63) is 101 Å². The van der Waals surface area contributed by atoms with E-state index < -0.39 is 35.5 Å². The van der Waals surface area contributed by atoms with E-state index in [2.05, 4.69) is 5.43 Å². The van der Waals surface area contributed by atoms with Gasteiger partial charge in [0.1, 0.15) is 11.9 Å². The van der Waals surface area contributed by atoms with Gasteiger partial charge in [0.25, 0.3) is 11.8 Å². The molecule has 1 fully saturated rings. The average molecular weight is 474 g/mol. The third-order valence-corrected chi connectivity index (χ3v) is 5.79. The Morgan fingerprint density at radius 3 is 2.29 bits per heavy atom. The van der Waals surface area contributed by atoms with Gasteiger partial charge in [0.05, 0.1) is 12.1 Å². The summed E-state index contributed by atoms with van der Waals surface area (Å²) in [5.41, 5.74) is 4.94. The summed E-state index contributed by atoms with van der Waals surface area (Å²) < 4.78 is 13.3. The molecular weight excluding hydrogens is 449 g/mol. The van der Waals surface area contributed by atoms with Gasteiger partial charge in [-0.15, -0.1) is 0 Å². The molecule has 1 aliphatic rings. The Morgan fingerprint density at radius 2 is 1.63 bits per heavy atom. The summed E-state index contributed by atoms with van der Waals surface area (Å²) in [7, 11) is 0. The average Bonchev–Trinajstić information content (AvgIpc) is 3.16. The summed E-state index contributed by atoms with van der Waals surface area (Å²) in [6.45, 7) is 1.88. The van der Waals surface area contributed by atoms with Gasteiger partial charge in [-0.2, -0.15) is 0 Å². The molecule has 0 spiro atoms. The smallest absolute Gasteiger partial charge is 0.269 e. The van der Waals surface area contributed by atoms with Crippen LogP contribution < -0.4 is 10.3 Å². The molecule has 1 heterocycles. The molecule has 1 unspecified atom stereocenters. The maximum absolute atomic E-state index is 13.3. The first kappa shape index (κ1) is 23.8.